The first-order chi connectivity index (χ1) is 14.4. The van der Waals surface area contributed by atoms with Crippen molar-refractivity contribution in [3.05, 3.63) is 53.7 Å². The molecule has 0 spiro atoms. The fraction of sp³-hybridized carbons (Fsp3) is 0.450. The van der Waals surface area contributed by atoms with Gasteiger partial charge in [-0.15, -0.1) is 5.10 Å². The van der Waals surface area contributed by atoms with Crippen molar-refractivity contribution in [1.82, 2.24) is 24.0 Å². The fourth-order valence-electron chi connectivity index (χ4n) is 3.95. The second-order valence-electron chi connectivity index (χ2n) is 7.65. The molecule has 1 saturated heterocycles. The number of rotatable bonds is 7. The van der Waals surface area contributed by atoms with E-state index >= 15 is 0 Å². The molecular formula is C20H25N5O3S2. The summed E-state index contributed by atoms with van der Waals surface area (Å²) in [4.78, 5) is 6.51. The van der Waals surface area contributed by atoms with Crippen LogP contribution in [0.3, 0.4) is 0 Å². The van der Waals surface area contributed by atoms with Gasteiger partial charge < -0.3 is 9.30 Å². The monoisotopic (exact) mass is 447 g/mol. The van der Waals surface area contributed by atoms with Crippen LogP contribution in [0.4, 0.5) is 0 Å². The Kier molecular flexibility index (Phi) is 6.16. The van der Waals surface area contributed by atoms with E-state index in [0.29, 0.717) is 16.4 Å². The molecule has 0 unspecified atom stereocenters. The quantitative estimate of drug-likeness (QED) is 0.550. The van der Waals surface area contributed by atoms with Crippen LogP contribution in [0.2, 0.25) is 0 Å². The van der Waals surface area contributed by atoms with Crippen molar-refractivity contribution in [3.63, 3.8) is 0 Å². The zero-order chi connectivity index (χ0) is 21.1. The molecule has 30 heavy (non-hydrogen) atoms. The lowest BCUT2D eigenvalue weighted by Crippen LogP contribution is -2.33. The Balaban J connectivity index is 1.41. The first-order valence-electron chi connectivity index (χ1n) is 9.80. The second kappa shape index (κ2) is 8.83. The second-order valence-corrected chi connectivity index (χ2v) is 10.6. The summed E-state index contributed by atoms with van der Waals surface area (Å²) in [5.74, 6) is 1.02. The lowest BCUT2D eigenvalue weighted by Gasteiger charge is -2.31. The Morgan fingerprint density at radius 2 is 2.03 bits per heavy atom. The molecular weight excluding hydrogens is 422 g/mol. The first kappa shape index (κ1) is 21.0. The van der Waals surface area contributed by atoms with Gasteiger partial charge in [-0.3, -0.25) is 4.90 Å². The molecule has 0 aliphatic carbocycles. The van der Waals surface area contributed by atoms with Crippen molar-refractivity contribution in [2.75, 3.05) is 26.5 Å². The number of sulfone groups is 1. The van der Waals surface area contributed by atoms with Crippen LogP contribution < -0.4 is 4.74 Å². The molecule has 1 fully saturated rings. The smallest absolute Gasteiger partial charge is 0.188 e. The molecule has 3 aromatic rings. The number of hydrogen-bond donors (Lipinski definition) is 0. The van der Waals surface area contributed by atoms with Crippen molar-refractivity contribution >= 4 is 21.4 Å². The highest BCUT2D eigenvalue weighted by Gasteiger charge is 2.28. The maximum atomic E-state index is 12.0. The number of methoxy groups -OCH3 is 1. The van der Waals surface area contributed by atoms with Crippen LogP contribution in [-0.2, 0) is 22.9 Å². The van der Waals surface area contributed by atoms with E-state index in [1.165, 1.54) is 11.8 Å². The van der Waals surface area contributed by atoms with Crippen molar-refractivity contribution in [2.24, 2.45) is 0 Å². The zero-order valence-electron chi connectivity index (χ0n) is 17.1. The van der Waals surface area contributed by atoms with E-state index in [1.54, 1.807) is 19.6 Å². The predicted octanol–water partition coefficient (Wildman–Crippen LogP) is 2.57. The maximum Gasteiger partial charge on any atom is 0.188 e. The van der Waals surface area contributed by atoms with Crippen LogP contribution in [0.1, 0.15) is 35.6 Å². The fourth-order valence-corrected chi connectivity index (χ4v) is 5.68. The van der Waals surface area contributed by atoms with Crippen LogP contribution >= 0.6 is 11.5 Å². The van der Waals surface area contributed by atoms with Gasteiger partial charge in [-0.1, -0.05) is 10.6 Å². The van der Waals surface area contributed by atoms with Crippen LogP contribution in [0.25, 0.3) is 0 Å². The molecule has 1 aromatic carbocycles. The summed E-state index contributed by atoms with van der Waals surface area (Å²) >= 11 is 0.979. The van der Waals surface area contributed by atoms with Gasteiger partial charge in [-0.2, -0.15) is 0 Å². The van der Waals surface area contributed by atoms with Gasteiger partial charge in [0, 0.05) is 48.2 Å². The van der Waals surface area contributed by atoms with Crippen molar-refractivity contribution in [3.8, 4) is 5.75 Å². The molecule has 0 radical (unpaired) electrons. The minimum absolute atomic E-state index is 0.150. The third-order valence-electron chi connectivity index (χ3n) is 5.46. The Morgan fingerprint density at radius 3 is 2.70 bits per heavy atom. The lowest BCUT2D eigenvalue weighted by molar-refractivity contribution is 0.202. The van der Waals surface area contributed by atoms with Crippen molar-refractivity contribution in [1.29, 1.82) is 0 Å². The number of likely N-dealkylation sites (tertiary alicyclic amines) is 1. The van der Waals surface area contributed by atoms with Crippen LogP contribution in [0.5, 0.6) is 5.75 Å². The largest absolute Gasteiger partial charge is 0.496 e. The summed E-state index contributed by atoms with van der Waals surface area (Å²) in [5, 5.41) is 4.13. The van der Waals surface area contributed by atoms with Gasteiger partial charge >= 0.3 is 0 Å². The topological polar surface area (TPSA) is 90.2 Å². The molecule has 1 aliphatic heterocycles. The number of nitrogens with zero attached hydrogens (tertiary/aromatic N) is 5. The molecule has 2 aromatic heterocycles. The van der Waals surface area contributed by atoms with E-state index in [-0.39, 0.29) is 5.92 Å². The number of hydrogen-bond acceptors (Lipinski definition) is 8. The predicted molar refractivity (Wildman–Crippen MR) is 115 cm³/mol. The summed E-state index contributed by atoms with van der Waals surface area (Å²) in [5.41, 5.74) is 3.00. The minimum Gasteiger partial charge on any atom is -0.496 e. The van der Waals surface area contributed by atoms with Gasteiger partial charge in [0.2, 0.25) is 0 Å². The van der Waals surface area contributed by atoms with Crippen LogP contribution in [0, 0.1) is 0 Å². The van der Waals surface area contributed by atoms with Crippen molar-refractivity contribution in [2.45, 2.75) is 36.1 Å². The zero-order valence-corrected chi connectivity index (χ0v) is 18.7. The minimum atomic E-state index is -3.27. The average molecular weight is 448 g/mol. The third kappa shape index (κ3) is 4.71. The average Bonchev–Trinajstić information content (AvgIpc) is 3.40. The number of benzene rings is 1. The number of ether oxygens (including phenoxy) is 1. The highest BCUT2D eigenvalue weighted by Crippen LogP contribution is 2.33. The van der Waals surface area contributed by atoms with Gasteiger partial charge in [0.25, 0.3) is 0 Å². The molecule has 0 atom stereocenters. The SMILES string of the molecule is COc1ccc(CN2CCC(c3nnsc3S(C)(=O)=O)CC2)cc1Cn1ccnc1. The van der Waals surface area contributed by atoms with Gasteiger partial charge in [0.05, 0.1) is 25.7 Å². The molecule has 0 saturated carbocycles. The highest BCUT2D eigenvalue weighted by molar-refractivity contribution is 7.92. The van der Waals surface area contributed by atoms with Gasteiger partial charge in [0.1, 0.15) is 5.75 Å². The molecule has 0 amide bonds. The van der Waals surface area contributed by atoms with Crippen LogP contribution in [0.15, 0.2) is 41.1 Å². The normalized spacial score (nSPS) is 16.1. The summed E-state index contributed by atoms with van der Waals surface area (Å²) in [7, 11) is -1.58. The van der Waals surface area contributed by atoms with Gasteiger partial charge in [-0.05, 0) is 43.6 Å². The van der Waals surface area contributed by atoms with Crippen molar-refractivity contribution < 1.29 is 13.2 Å². The van der Waals surface area contributed by atoms with Gasteiger partial charge in [-0.25, -0.2) is 13.4 Å². The van der Waals surface area contributed by atoms with E-state index in [2.05, 4.69) is 31.6 Å². The number of piperidine rings is 1. The van der Waals surface area contributed by atoms with E-state index in [4.69, 9.17) is 4.74 Å². The maximum absolute atomic E-state index is 12.0. The molecule has 4 rings (SSSR count). The Hall–Kier alpha value is -2.30. The third-order valence-corrected chi connectivity index (χ3v) is 8.01. The molecule has 0 N–H and O–H groups in total. The summed E-state index contributed by atoms with van der Waals surface area (Å²) in [6, 6.07) is 6.32. The van der Waals surface area contributed by atoms with E-state index in [9.17, 15) is 8.42 Å². The highest BCUT2D eigenvalue weighted by atomic mass is 32.2. The molecule has 3 heterocycles. The Bertz CT molecular complexity index is 1090. The molecule has 8 nitrogen and oxygen atoms in total. The lowest BCUT2D eigenvalue weighted by atomic mass is 9.94. The molecule has 10 heteroatoms. The van der Waals surface area contributed by atoms with Crippen LogP contribution in [-0.4, -0.2) is 58.9 Å². The molecule has 160 valence electrons. The number of aromatic nitrogens is 4. The number of imidazole rings is 1. The van der Waals surface area contributed by atoms with Gasteiger partial charge in [0.15, 0.2) is 14.0 Å². The summed E-state index contributed by atoms with van der Waals surface area (Å²) in [6.45, 7) is 3.36. The van der Waals surface area contributed by atoms with E-state index in [0.717, 1.165) is 55.3 Å². The summed E-state index contributed by atoms with van der Waals surface area (Å²) in [6.07, 6.45) is 8.50. The first-order valence-corrected chi connectivity index (χ1v) is 12.5. The molecule has 0 bridgehead atoms. The van der Waals surface area contributed by atoms with E-state index in [1.807, 2.05) is 16.8 Å². The Labute approximate surface area is 180 Å². The van der Waals surface area contributed by atoms with E-state index < -0.39 is 9.84 Å². The summed E-state index contributed by atoms with van der Waals surface area (Å²) < 4.78 is 35.7. The Morgan fingerprint density at radius 1 is 1.23 bits per heavy atom. The molecule has 1 aliphatic rings. The standard InChI is InChI=1S/C20H25N5O3S2/c1-28-18-4-3-15(11-17(18)13-25-10-7-21-14-25)12-24-8-5-16(6-9-24)19-20(29-23-22-19)30(2,26)27/h3-4,7,10-11,14,16H,5-6,8-9,12-13H2,1-2H3.